The highest BCUT2D eigenvalue weighted by Crippen LogP contribution is 2.28. The van der Waals surface area contributed by atoms with E-state index >= 15 is 0 Å². The van der Waals surface area contributed by atoms with E-state index in [1.54, 1.807) is 24.0 Å². The van der Waals surface area contributed by atoms with Crippen molar-refractivity contribution >= 4 is 46.9 Å². The first-order valence-corrected chi connectivity index (χ1v) is 14.8. The monoisotopic (exact) mass is 538 g/mol. The van der Waals surface area contributed by atoms with E-state index in [1.807, 2.05) is 34.3 Å². The Morgan fingerprint density at radius 2 is 1.87 bits per heavy atom. The highest BCUT2D eigenvalue weighted by atomic mass is 32.2. The summed E-state index contributed by atoms with van der Waals surface area (Å²) in [5.74, 6) is 2.39. The van der Waals surface area contributed by atoms with Gasteiger partial charge >= 0.3 is 0 Å². The molecule has 3 N–H and O–H groups in total. The lowest BCUT2D eigenvalue weighted by Crippen LogP contribution is -2.48. The maximum atomic E-state index is 12.3. The second kappa shape index (κ2) is 12.8. The topological polar surface area (TPSA) is 100 Å². The van der Waals surface area contributed by atoms with Crippen LogP contribution in [0.4, 0.5) is 23.1 Å². The average molecular weight is 539 g/mol. The lowest BCUT2D eigenvalue weighted by molar-refractivity contribution is -0.131. The van der Waals surface area contributed by atoms with Crippen LogP contribution in [0.2, 0.25) is 0 Å². The summed E-state index contributed by atoms with van der Waals surface area (Å²) in [6, 6.07) is 8.26. The van der Waals surface area contributed by atoms with Gasteiger partial charge in [-0.3, -0.25) is 9.69 Å². The third-order valence-corrected chi connectivity index (χ3v) is 7.96. The normalized spacial score (nSPS) is 19.9. The van der Waals surface area contributed by atoms with Crippen molar-refractivity contribution in [1.82, 2.24) is 25.1 Å². The van der Waals surface area contributed by atoms with Gasteiger partial charge in [-0.05, 0) is 42.7 Å². The number of thioether (sulfide) groups is 1. The number of amides is 1. The molecule has 2 saturated heterocycles. The zero-order valence-corrected chi connectivity index (χ0v) is 22.9. The molecule has 204 valence electrons. The number of carbonyl (C=O) groups excluding carboxylic acids is 1. The molecular weight excluding hydrogens is 500 g/mol. The predicted molar refractivity (Wildman–Crippen MR) is 155 cm³/mol. The number of fused-ring (bicyclic) bond motifs is 1. The largest absolute Gasteiger partial charge is 0.370 e. The van der Waals surface area contributed by atoms with Crippen molar-refractivity contribution in [2.75, 3.05) is 92.6 Å². The lowest BCUT2D eigenvalue weighted by Gasteiger charge is -2.36. The van der Waals surface area contributed by atoms with Crippen LogP contribution in [-0.2, 0) is 4.79 Å². The van der Waals surface area contributed by atoms with E-state index in [-0.39, 0.29) is 5.91 Å². The van der Waals surface area contributed by atoms with Crippen molar-refractivity contribution in [3.05, 3.63) is 42.1 Å². The molecule has 1 amide bonds. The van der Waals surface area contributed by atoms with Gasteiger partial charge in [0, 0.05) is 101 Å². The maximum Gasteiger partial charge on any atom is 0.229 e. The van der Waals surface area contributed by atoms with Crippen LogP contribution in [0.25, 0.3) is 6.08 Å². The molecule has 3 aliphatic rings. The number of anilines is 4. The first-order chi connectivity index (χ1) is 18.6. The van der Waals surface area contributed by atoms with E-state index in [9.17, 15) is 9.90 Å². The van der Waals surface area contributed by atoms with E-state index in [4.69, 9.17) is 4.98 Å². The smallest absolute Gasteiger partial charge is 0.229 e. The van der Waals surface area contributed by atoms with Crippen molar-refractivity contribution < 1.29 is 9.90 Å². The molecule has 3 aliphatic heterocycles. The SMILES string of the molecule is CSCCC(=O)N1CCN(c2ccc(Nc3ncc4c(n3)N(CCN3CCNCC3)C(O)C=C4)cc2)CC1. The second-order valence-electron chi connectivity index (χ2n) is 9.81. The lowest BCUT2D eigenvalue weighted by atomic mass is 10.2. The van der Waals surface area contributed by atoms with Crippen molar-refractivity contribution in [1.29, 1.82) is 0 Å². The van der Waals surface area contributed by atoms with Gasteiger partial charge in [0.1, 0.15) is 12.0 Å². The highest BCUT2D eigenvalue weighted by Gasteiger charge is 2.24. The summed E-state index contributed by atoms with van der Waals surface area (Å²) >= 11 is 1.71. The van der Waals surface area contributed by atoms with E-state index in [1.165, 1.54) is 0 Å². The fourth-order valence-electron chi connectivity index (χ4n) is 5.08. The maximum absolute atomic E-state index is 12.3. The van der Waals surface area contributed by atoms with Gasteiger partial charge in [-0.15, -0.1) is 0 Å². The molecule has 1 aromatic carbocycles. The molecule has 1 atom stereocenters. The third kappa shape index (κ3) is 6.58. The number of aliphatic hydroxyl groups excluding tert-OH is 1. The van der Waals surface area contributed by atoms with Crippen LogP contribution in [0.1, 0.15) is 12.0 Å². The summed E-state index contributed by atoms with van der Waals surface area (Å²) in [5.41, 5.74) is 2.95. The molecule has 38 heavy (non-hydrogen) atoms. The number of nitrogens with zero attached hydrogens (tertiary/aromatic N) is 6. The Morgan fingerprint density at radius 3 is 2.61 bits per heavy atom. The Balaban J connectivity index is 1.19. The predicted octanol–water partition coefficient (Wildman–Crippen LogP) is 1.68. The number of aromatic nitrogens is 2. The van der Waals surface area contributed by atoms with Crippen LogP contribution in [-0.4, -0.2) is 114 Å². The minimum atomic E-state index is -0.700. The summed E-state index contributed by atoms with van der Waals surface area (Å²) < 4.78 is 0. The van der Waals surface area contributed by atoms with Gasteiger partial charge in [-0.1, -0.05) is 0 Å². The van der Waals surface area contributed by atoms with Crippen molar-refractivity contribution in [2.24, 2.45) is 0 Å². The number of hydrogen-bond acceptors (Lipinski definition) is 10. The Morgan fingerprint density at radius 1 is 1.11 bits per heavy atom. The van der Waals surface area contributed by atoms with Gasteiger partial charge in [0.25, 0.3) is 0 Å². The Hall–Kier alpha value is -2.86. The van der Waals surface area contributed by atoms with E-state index < -0.39 is 6.23 Å². The fraction of sp³-hybridized carbons (Fsp3) is 0.519. The number of piperazine rings is 2. The molecular formula is C27H38N8O2S. The molecule has 0 spiro atoms. The molecule has 0 aliphatic carbocycles. The van der Waals surface area contributed by atoms with Crippen molar-refractivity contribution in [3.63, 3.8) is 0 Å². The second-order valence-corrected chi connectivity index (χ2v) is 10.8. The fourth-order valence-corrected chi connectivity index (χ4v) is 5.46. The number of hydrogen-bond donors (Lipinski definition) is 3. The standard InChI is InChI=1S/C27H38N8O2S/c1-38-19-8-24(36)34-16-14-33(15-17-34)23-5-3-22(4-6-23)30-27-29-20-21-2-7-25(37)35(26(21)31-27)18-13-32-11-9-28-10-12-32/h2-7,20,25,28,37H,8-19H2,1H3,(H,29,30,31). The van der Waals surface area contributed by atoms with Crippen LogP contribution in [0, 0.1) is 0 Å². The van der Waals surface area contributed by atoms with E-state index in [0.717, 1.165) is 87.4 Å². The van der Waals surface area contributed by atoms with Gasteiger partial charge in [-0.25, -0.2) is 4.98 Å². The minimum Gasteiger partial charge on any atom is -0.370 e. The molecule has 5 rings (SSSR count). The highest BCUT2D eigenvalue weighted by molar-refractivity contribution is 7.98. The summed E-state index contributed by atoms with van der Waals surface area (Å²) in [6.07, 6.45) is 7.43. The number of aliphatic hydroxyl groups is 1. The van der Waals surface area contributed by atoms with Crippen molar-refractivity contribution in [2.45, 2.75) is 12.6 Å². The molecule has 11 heteroatoms. The zero-order chi connectivity index (χ0) is 26.3. The number of carbonyl (C=O) groups is 1. The molecule has 2 fully saturated rings. The van der Waals surface area contributed by atoms with E-state index in [0.29, 0.717) is 18.9 Å². The van der Waals surface area contributed by atoms with Crippen molar-refractivity contribution in [3.8, 4) is 0 Å². The van der Waals surface area contributed by atoms with Crippen LogP contribution in [0.3, 0.4) is 0 Å². The zero-order valence-electron chi connectivity index (χ0n) is 22.1. The van der Waals surface area contributed by atoms with E-state index in [2.05, 4.69) is 37.6 Å². The molecule has 0 radical (unpaired) electrons. The van der Waals surface area contributed by atoms with Crippen LogP contribution in [0.5, 0.6) is 0 Å². The number of rotatable bonds is 9. The molecule has 4 heterocycles. The third-order valence-electron chi connectivity index (χ3n) is 7.34. The Labute approximate surface area is 229 Å². The van der Waals surface area contributed by atoms with Gasteiger partial charge in [0.2, 0.25) is 11.9 Å². The van der Waals surface area contributed by atoms with Gasteiger partial charge in [0.15, 0.2) is 0 Å². The Kier molecular flexibility index (Phi) is 9.00. The Bertz CT molecular complexity index is 1100. The molecule has 2 aromatic rings. The first-order valence-electron chi connectivity index (χ1n) is 13.4. The molecule has 1 unspecified atom stereocenters. The van der Waals surface area contributed by atoms with Gasteiger partial charge in [-0.2, -0.15) is 16.7 Å². The molecule has 10 nitrogen and oxygen atoms in total. The first kappa shape index (κ1) is 26.7. The van der Waals surface area contributed by atoms with Gasteiger partial charge < -0.3 is 30.4 Å². The number of nitrogens with one attached hydrogen (secondary N) is 2. The summed E-state index contributed by atoms with van der Waals surface area (Å²) in [7, 11) is 0. The molecule has 1 aromatic heterocycles. The molecule has 0 bridgehead atoms. The summed E-state index contributed by atoms with van der Waals surface area (Å²) in [6.45, 7) is 8.82. The minimum absolute atomic E-state index is 0.258. The quantitative estimate of drug-likeness (QED) is 0.437. The average Bonchev–Trinajstić information content (AvgIpc) is 2.96. The summed E-state index contributed by atoms with van der Waals surface area (Å²) in [5, 5.41) is 17.4. The van der Waals surface area contributed by atoms with Gasteiger partial charge in [0.05, 0.1) is 0 Å². The van der Waals surface area contributed by atoms with Crippen LogP contribution in [0.15, 0.2) is 36.5 Å². The summed E-state index contributed by atoms with van der Waals surface area (Å²) in [4.78, 5) is 30.2. The number of benzene rings is 1. The molecule has 0 saturated carbocycles. The van der Waals surface area contributed by atoms with Crippen LogP contribution < -0.4 is 20.4 Å². The van der Waals surface area contributed by atoms with Crippen LogP contribution >= 0.6 is 11.8 Å².